The van der Waals surface area contributed by atoms with Gasteiger partial charge in [0.15, 0.2) is 0 Å². The third kappa shape index (κ3) is 5.25. The van der Waals surface area contributed by atoms with Gasteiger partial charge in [0, 0.05) is 4.47 Å². The summed E-state index contributed by atoms with van der Waals surface area (Å²) in [5.41, 5.74) is -0.0364. The zero-order chi connectivity index (χ0) is 16.4. The number of hydrogen-bond acceptors (Lipinski definition) is 4. The van der Waals surface area contributed by atoms with Crippen molar-refractivity contribution in [3.05, 3.63) is 27.2 Å². The van der Waals surface area contributed by atoms with Gasteiger partial charge in [-0.1, -0.05) is 41.4 Å². The lowest BCUT2D eigenvalue weighted by molar-refractivity contribution is 0.0299. The molecule has 0 saturated heterocycles. The van der Waals surface area contributed by atoms with Crippen LogP contribution >= 0.6 is 27.5 Å². The van der Waals surface area contributed by atoms with E-state index in [1.54, 1.807) is 6.92 Å². The van der Waals surface area contributed by atoms with E-state index >= 15 is 0 Å². The van der Waals surface area contributed by atoms with Crippen molar-refractivity contribution < 1.29 is 17.9 Å². The Kier molecular flexibility index (Phi) is 6.22. The van der Waals surface area contributed by atoms with Gasteiger partial charge in [-0.3, -0.25) is 0 Å². The summed E-state index contributed by atoms with van der Waals surface area (Å²) in [6.07, 6.45) is 0.393. The Morgan fingerprint density at radius 1 is 1.38 bits per heavy atom. The normalized spacial score (nSPS) is 13.3. The minimum Gasteiger partial charge on any atom is -0.459 e. The van der Waals surface area contributed by atoms with Crippen LogP contribution in [-0.2, 0) is 14.8 Å². The number of nitrogens with two attached hydrogens (primary N) is 1. The average molecular weight is 399 g/mol. The molecule has 1 rings (SSSR count). The fourth-order valence-electron chi connectivity index (χ4n) is 1.88. The molecule has 0 bridgehead atoms. The lowest BCUT2D eigenvalue weighted by Crippen LogP contribution is -2.19. The Bertz CT molecular complexity index is 646. The molecule has 21 heavy (non-hydrogen) atoms. The summed E-state index contributed by atoms with van der Waals surface area (Å²) in [6, 6.07) is 2.65. The highest BCUT2D eigenvalue weighted by molar-refractivity contribution is 9.10. The van der Waals surface area contributed by atoms with Crippen molar-refractivity contribution >= 4 is 43.5 Å². The molecular formula is C13H17BrClNO4S. The number of esters is 1. The van der Waals surface area contributed by atoms with Crippen molar-refractivity contribution in [3.8, 4) is 0 Å². The van der Waals surface area contributed by atoms with E-state index in [2.05, 4.69) is 15.9 Å². The first-order valence-electron chi connectivity index (χ1n) is 6.25. The smallest absolute Gasteiger partial charge is 0.340 e. The van der Waals surface area contributed by atoms with E-state index in [0.717, 1.165) is 0 Å². The third-order valence-electron chi connectivity index (χ3n) is 2.64. The molecule has 1 unspecified atom stereocenters. The second kappa shape index (κ2) is 7.09. The van der Waals surface area contributed by atoms with Gasteiger partial charge in [0.1, 0.15) is 4.90 Å². The van der Waals surface area contributed by atoms with E-state index in [1.165, 1.54) is 12.1 Å². The molecule has 0 saturated carbocycles. The molecule has 0 aliphatic rings. The molecule has 2 N–H and O–H groups in total. The van der Waals surface area contributed by atoms with Crippen molar-refractivity contribution in [3.63, 3.8) is 0 Å². The van der Waals surface area contributed by atoms with Gasteiger partial charge in [0.05, 0.1) is 16.7 Å². The number of primary sulfonamides is 1. The van der Waals surface area contributed by atoms with Crippen LogP contribution in [0.4, 0.5) is 0 Å². The summed E-state index contributed by atoms with van der Waals surface area (Å²) < 4.78 is 28.6. The Morgan fingerprint density at radius 3 is 2.43 bits per heavy atom. The molecule has 0 heterocycles. The monoisotopic (exact) mass is 397 g/mol. The second-order valence-corrected chi connectivity index (χ2v) is 7.98. The zero-order valence-corrected chi connectivity index (χ0v) is 15.0. The second-order valence-electron chi connectivity index (χ2n) is 5.16. The van der Waals surface area contributed by atoms with Crippen LogP contribution in [0.15, 0.2) is 21.5 Å². The van der Waals surface area contributed by atoms with Crippen LogP contribution in [0, 0.1) is 5.92 Å². The molecule has 0 radical (unpaired) electrons. The summed E-state index contributed by atoms with van der Waals surface area (Å²) in [5, 5.41) is 4.84. The molecule has 118 valence electrons. The van der Waals surface area contributed by atoms with Gasteiger partial charge in [-0.2, -0.15) is 0 Å². The zero-order valence-electron chi connectivity index (χ0n) is 11.9. The van der Waals surface area contributed by atoms with Crippen LogP contribution in [0.2, 0.25) is 5.02 Å². The molecule has 1 aromatic rings. The average Bonchev–Trinajstić information content (AvgIpc) is 2.28. The fraction of sp³-hybridized carbons (Fsp3) is 0.462. The van der Waals surface area contributed by atoms with E-state index in [4.69, 9.17) is 21.5 Å². The van der Waals surface area contributed by atoms with E-state index in [0.29, 0.717) is 16.8 Å². The minimum absolute atomic E-state index is 0.0364. The molecule has 0 aromatic heterocycles. The maximum atomic E-state index is 12.1. The molecule has 0 aliphatic heterocycles. The first kappa shape index (κ1) is 18.4. The SMILES string of the molecule is CC(C)CC(C)OC(=O)c1cc(Br)cc(S(N)(=O)=O)c1Cl. The highest BCUT2D eigenvalue weighted by Crippen LogP contribution is 2.30. The number of hydrogen-bond donors (Lipinski definition) is 1. The number of ether oxygens (including phenoxy) is 1. The quantitative estimate of drug-likeness (QED) is 0.771. The summed E-state index contributed by atoms with van der Waals surface area (Å²) in [7, 11) is -4.03. The van der Waals surface area contributed by atoms with Crippen molar-refractivity contribution in [2.75, 3.05) is 0 Å². The number of sulfonamides is 1. The number of halogens is 2. The van der Waals surface area contributed by atoms with Crippen molar-refractivity contribution in [1.29, 1.82) is 0 Å². The molecule has 8 heteroatoms. The standard InChI is InChI=1S/C13H17BrClNO4S/c1-7(2)4-8(3)20-13(17)10-5-9(14)6-11(12(10)15)21(16,18)19/h5-8H,4H2,1-3H3,(H2,16,18,19). The predicted octanol–water partition coefficient (Wildman–Crippen LogP) is 3.34. The van der Waals surface area contributed by atoms with Gasteiger partial charge < -0.3 is 4.74 Å². The fourth-order valence-corrected chi connectivity index (χ4v) is 3.65. The van der Waals surface area contributed by atoms with Gasteiger partial charge >= 0.3 is 5.97 Å². The Balaban J connectivity index is 3.14. The van der Waals surface area contributed by atoms with Crippen LogP contribution in [0.1, 0.15) is 37.6 Å². The lowest BCUT2D eigenvalue weighted by Gasteiger charge is -2.16. The predicted molar refractivity (Wildman–Crippen MR) is 84.9 cm³/mol. The Labute approximate surface area is 138 Å². The highest BCUT2D eigenvalue weighted by atomic mass is 79.9. The van der Waals surface area contributed by atoms with Gasteiger partial charge in [0.2, 0.25) is 10.0 Å². The maximum Gasteiger partial charge on any atom is 0.340 e. The van der Waals surface area contributed by atoms with Crippen LogP contribution in [0.5, 0.6) is 0 Å². The Morgan fingerprint density at radius 2 is 1.95 bits per heavy atom. The summed E-state index contributed by atoms with van der Waals surface area (Å²) >= 11 is 9.10. The molecule has 1 aromatic carbocycles. The van der Waals surface area contributed by atoms with E-state index in [1.807, 2.05) is 13.8 Å². The minimum atomic E-state index is -4.03. The van der Waals surface area contributed by atoms with E-state index < -0.39 is 16.0 Å². The Hall–Kier alpha value is -0.630. The van der Waals surface area contributed by atoms with Crippen molar-refractivity contribution in [2.24, 2.45) is 11.1 Å². The number of carbonyl (C=O) groups is 1. The molecule has 0 amide bonds. The molecule has 0 spiro atoms. The van der Waals surface area contributed by atoms with E-state index in [-0.39, 0.29) is 21.6 Å². The first-order valence-corrected chi connectivity index (χ1v) is 8.97. The van der Waals surface area contributed by atoms with Crippen LogP contribution in [0.3, 0.4) is 0 Å². The molecular weight excluding hydrogens is 382 g/mol. The number of benzene rings is 1. The number of rotatable bonds is 5. The van der Waals surface area contributed by atoms with Crippen LogP contribution < -0.4 is 5.14 Å². The van der Waals surface area contributed by atoms with Crippen molar-refractivity contribution in [1.82, 2.24) is 0 Å². The largest absolute Gasteiger partial charge is 0.459 e. The van der Waals surface area contributed by atoms with Gasteiger partial charge in [0.25, 0.3) is 0 Å². The summed E-state index contributed by atoms with van der Waals surface area (Å²) in [4.78, 5) is 11.8. The summed E-state index contributed by atoms with van der Waals surface area (Å²) in [6.45, 7) is 5.79. The molecule has 0 fully saturated rings. The van der Waals surface area contributed by atoms with Crippen LogP contribution in [-0.4, -0.2) is 20.5 Å². The van der Waals surface area contributed by atoms with Crippen LogP contribution in [0.25, 0.3) is 0 Å². The molecule has 0 aliphatic carbocycles. The third-order valence-corrected chi connectivity index (χ3v) is 4.55. The van der Waals surface area contributed by atoms with Gasteiger partial charge in [-0.05, 0) is 31.4 Å². The van der Waals surface area contributed by atoms with Crippen molar-refractivity contribution in [2.45, 2.75) is 38.2 Å². The molecule has 1 atom stereocenters. The summed E-state index contributed by atoms with van der Waals surface area (Å²) in [5.74, 6) is -0.315. The highest BCUT2D eigenvalue weighted by Gasteiger charge is 2.23. The topological polar surface area (TPSA) is 86.5 Å². The molecule has 5 nitrogen and oxygen atoms in total. The van der Waals surface area contributed by atoms with E-state index in [9.17, 15) is 13.2 Å². The first-order chi connectivity index (χ1) is 9.52. The number of carbonyl (C=O) groups excluding carboxylic acids is 1. The lowest BCUT2D eigenvalue weighted by atomic mass is 10.1. The maximum absolute atomic E-state index is 12.1. The van der Waals surface area contributed by atoms with Gasteiger partial charge in [-0.25, -0.2) is 18.4 Å². The van der Waals surface area contributed by atoms with Gasteiger partial charge in [-0.15, -0.1) is 0 Å².